The van der Waals surface area contributed by atoms with Crippen molar-refractivity contribution < 1.29 is 8.60 Å². The summed E-state index contributed by atoms with van der Waals surface area (Å²) in [6.45, 7) is 0. The van der Waals surface area contributed by atoms with Gasteiger partial charge in [-0.25, -0.2) is 8.60 Å². The average Bonchev–Trinajstić information content (AvgIpc) is 2.83. The summed E-state index contributed by atoms with van der Waals surface area (Å²) in [6, 6.07) is 15.3. The highest BCUT2D eigenvalue weighted by Crippen LogP contribution is 2.32. The molecule has 2 aromatic rings. The minimum atomic E-state index is -1.32. The molecule has 0 aromatic heterocycles. The van der Waals surface area contributed by atoms with Crippen LogP contribution in [0.2, 0.25) is 0 Å². The molecule has 1 aliphatic rings. The molecule has 1 unspecified atom stereocenters. The molecule has 0 bridgehead atoms. The van der Waals surface area contributed by atoms with Crippen molar-refractivity contribution in [2.45, 2.75) is 0 Å². The lowest BCUT2D eigenvalue weighted by Crippen LogP contribution is -2.11. The number of hydrogen-bond acceptors (Lipinski definition) is 3. The first-order valence-corrected chi connectivity index (χ1v) is 7.98. The molecule has 1 aliphatic heterocycles. The first-order chi connectivity index (χ1) is 9.24. The zero-order chi connectivity index (χ0) is 13.2. The monoisotopic (exact) mass is 292 g/mol. The van der Waals surface area contributed by atoms with Gasteiger partial charge in [-0.1, -0.05) is 30.3 Å². The van der Waals surface area contributed by atoms with E-state index < -0.39 is 10.0 Å². The SMILES string of the molecule is O=S1SC(c2ccccc2)=NN1c1ccc(F)cc1. The third-order valence-electron chi connectivity index (χ3n) is 2.54. The lowest BCUT2D eigenvalue weighted by atomic mass is 10.2. The largest absolute Gasteiger partial charge is 0.222 e. The molecule has 0 saturated carbocycles. The van der Waals surface area contributed by atoms with Crippen molar-refractivity contribution in [2.75, 3.05) is 4.41 Å². The van der Waals surface area contributed by atoms with Crippen LogP contribution in [0.4, 0.5) is 10.1 Å². The fourth-order valence-electron chi connectivity index (χ4n) is 1.63. The molecular formula is C13H9FN2OS2. The van der Waals surface area contributed by atoms with Gasteiger partial charge in [0.25, 0.3) is 0 Å². The third-order valence-corrected chi connectivity index (χ3v) is 5.06. The van der Waals surface area contributed by atoms with Crippen LogP contribution >= 0.6 is 10.8 Å². The zero-order valence-electron chi connectivity index (χ0n) is 9.69. The van der Waals surface area contributed by atoms with Crippen molar-refractivity contribution in [1.82, 2.24) is 0 Å². The molecule has 3 rings (SSSR count). The average molecular weight is 292 g/mol. The van der Waals surface area contributed by atoms with E-state index in [9.17, 15) is 8.60 Å². The topological polar surface area (TPSA) is 32.7 Å². The summed E-state index contributed by atoms with van der Waals surface area (Å²) in [5.74, 6) is -0.325. The molecule has 0 fully saturated rings. The number of benzene rings is 2. The number of anilines is 1. The summed E-state index contributed by atoms with van der Waals surface area (Å²) in [5, 5.41) is 5.03. The van der Waals surface area contributed by atoms with Crippen LogP contribution in [0.25, 0.3) is 0 Å². The van der Waals surface area contributed by atoms with E-state index >= 15 is 0 Å². The van der Waals surface area contributed by atoms with Crippen LogP contribution in [0.5, 0.6) is 0 Å². The van der Waals surface area contributed by atoms with Gasteiger partial charge in [0.2, 0.25) is 10.0 Å². The predicted molar refractivity (Wildman–Crippen MR) is 77.6 cm³/mol. The normalized spacial score (nSPS) is 18.5. The van der Waals surface area contributed by atoms with E-state index in [0.29, 0.717) is 10.7 Å². The summed E-state index contributed by atoms with van der Waals surface area (Å²) in [7, 11) is -0.145. The molecule has 6 heteroatoms. The van der Waals surface area contributed by atoms with Crippen molar-refractivity contribution in [3.8, 4) is 0 Å². The van der Waals surface area contributed by atoms with Crippen molar-refractivity contribution in [2.24, 2.45) is 5.10 Å². The Balaban J connectivity index is 1.93. The minimum Gasteiger partial charge on any atom is -0.222 e. The summed E-state index contributed by atoms with van der Waals surface area (Å²) in [6.07, 6.45) is 0. The Morgan fingerprint density at radius 2 is 1.74 bits per heavy atom. The Kier molecular flexibility index (Phi) is 3.35. The summed E-state index contributed by atoms with van der Waals surface area (Å²) in [5.41, 5.74) is 1.53. The summed E-state index contributed by atoms with van der Waals surface area (Å²) >= 11 is 0. The molecule has 0 spiro atoms. The van der Waals surface area contributed by atoms with Gasteiger partial charge >= 0.3 is 0 Å². The molecule has 3 nitrogen and oxygen atoms in total. The van der Waals surface area contributed by atoms with Crippen molar-refractivity contribution >= 4 is 31.5 Å². The molecule has 0 saturated heterocycles. The van der Waals surface area contributed by atoms with E-state index in [4.69, 9.17) is 0 Å². The van der Waals surface area contributed by atoms with Gasteiger partial charge in [-0.05, 0) is 24.3 Å². The van der Waals surface area contributed by atoms with Gasteiger partial charge in [-0.15, -0.1) is 0 Å². The highest BCUT2D eigenvalue weighted by molar-refractivity contribution is 8.76. The van der Waals surface area contributed by atoms with E-state index in [1.807, 2.05) is 30.3 Å². The number of halogens is 1. The standard InChI is InChI=1S/C13H9FN2OS2/c14-11-6-8-12(9-7-11)16-15-13(18-19(16)17)10-4-2-1-3-5-10/h1-9H. The minimum absolute atomic E-state index is 0.325. The van der Waals surface area contributed by atoms with Crippen molar-refractivity contribution in [1.29, 1.82) is 0 Å². The highest BCUT2D eigenvalue weighted by Gasteiger charge is 2.26. The van der Waals surface area contributed by atoms with E-state index in [1.54, 1.807) is 12.1 Å². The summed E-state index contributed by atoms with van der Waals surface area (Å²) in [4.78, 5) is 0. The first kappa shape index (κ1) is 12.4. The van der Waals surface area contributed by atoms with Gasteiger partial charge in [-0.3, -0.25) is 0 Å². The van der Waals surface area contributed by atoms with E-state index in [0.717, 1.165) is 5.56 Å². The van der Waals surface area contributed by atoms with Crippen LogP contribution in [0, 0.1) is 5.82 Å². The smallest absolute Gasteiger partial charge is 0.209 e. The highest BCUT2D eigenvalue weighted by atomic mass is 33.1. The Hall–Kier alpha value is -1.66. The Bertz CT molecular complexity index is 643. The van der Waals surface area contributed by atoms with Gasteiger partial charge in [0.1, 0.15) is 10.9 Å². The molecule has 96 valence electrons. The van der Waals surface area contributed by atoms with Crippen LogP contribution in [0.1, 0.15) is 5.56 Å². The molecule has 0 N–H and O–H groups in total. The van der Waals surface area contributed by atoms with E-state index in [2.05, 4.69) is 5.10 Å². The van der Waals surface area contributed by atoms with E-state index in [1.165, 1.54) is 27.3 Å². The number of hydrogen-bond donors (Lipinski definition) is 0. The number of hydrazone groups is 1. The fraction of sp³-hybridized carbons (Fsp3) is 0. The molecular weight excluding hydrogens is 283 g/mol. The second-order valence-corrected chi connectivity index (χ2v) is 6.51. The molecule has 0 aliphatic carbocycles. The maximum Gasteiger partial charge on any atom is 0.209 e. The lowest BCUT2D eigenvalue weighted by molar-refractivity contribution is 0.628. The lowest BCUT2D eigenvalue weighted by Gasteiger charge is -2.09. The van der Waals surface area contributed by atoms with Crippen LogP contribution in [-0.4, -0.2) is 9.25 Å². The molecule has 1 heterocycles. The Morgan fingerprint density at radius 1 is 1.05 bits per heavy atom. The molecule has 1 atom stereocenters. The quantitative estimate of drug-likeness (QED) is 0.795. The summed E-state index contributed by atoms with van der Waals surface area (Å²) < 4.78 is 26.3. The van der Waals surface area contributed by atoms with Crippen LogP contribution in [0.15, 0.2) is 59.7 Å². The molecule has 0 amide bonds. The Labute approximate surface area is 116 Å². The fourth-order valence-corrected chi connectivity index (χ4v) is 4.04. The van der Waals surface area contributed by atoms with Crippen LogP contribution in [-0.2, 0) is 10.0 Å². The zero-order valence-corrected chi connectivity index (χ0v) is 11.3. The molecule has 0 radical (unpaired) electrons. The maximum atomic E-state index is 12.9. The second kappa shape index (κ2) is 5.14. The number of rotatable bonds is 2. The van der Waals surface area contributed by atoms with Gasteiger partial charge in [-0.2, -0.15) is 9.52 Å². The Morgan fingerprint density at radius 3 is 2.42 bits per heavy atom. The van der Waals surface area contributed by atoms with Gasteiger partial charge in [0.15, 0.2) is 0 Å². The van der Waals surface area contributed by atoms with E-state index in [-0.39, 0.29) is 5.82 Å². The van der Waals surface area contributed by atoms with Crippen molar-refractivity contribution in [3.05, 3.63) is 66.0 Å². The first-order valence-electron chi connectivity index (χ1n) is 5.54. The van der Waals surface area contributed by atoms with Crippen molar-refractivity contribution in [3.63, 3.8) is 0 Å². The van der Waals surface area contributed by atoms with Gasteiger partial charge < -0.3 is 0 Å². The third kappa shape index (κ3) is 2.54. The number of nitrogens with zero attached hydrogens (tertiary/aromatic N) is 2. The van der Waals surface area contributed by atoms with Gasteiger partial charge in [0, 0.05) is 16.4 Å². The molecule has 19 heavy (non-hydrogen) atoms. The second-order valence-electron chi connectivity index (χ2n) is 3.82. The molecule has 2 aromatic carbocycles. The van der Waals surface area contributed by atoms with Gasteiger partial charge in [0.05, 0.1) is 5.69 Å². The van der Waals surface area contributed by atoms with Crippen LogP contribution in [0.3, 0.4) is 0 Å². The predicted octanol–water partition coefficient (Wildman–Crippen LogP) is 3.32. The van der Waals surface area contributed by atoms with Crippen LogP contribution < -0.4 is 4.41 Å². The maximum absolute atomic E-state index is 12.9.